The number of halogens is 4. The predicted octanol–water partition coefficient (Wildman–Crippen LogP) is 3.44. The normalized spacial score (nSPS) is 23.5. The summed E-state index contributed by atoms with van der Waals surface area (Å²) in [6.45, 7) is 2.64. The molecular formula is C21H23F4N5O2S. The molecule has 0 radical (unpaired) electrons. The summed E-state index contributed by atoms with van der Waals surface area (Å²) in [5, 5.41) is 6.81. The van der Waals surface area contributed by atoms with Crippen LogP contribution in [0.3, 0.4) is 0 Å². The lowest BCUT2D eigenvalue weighted by Crippen LogP contribution is -2.65. The molecule has 3 aliphatic rings. The van der Waals surface area contributed by atoms with E-state index >= 15 is 0 Å². The molecule has 2 aliphatic heterocycles. The summed E-state index contributed by atoms with van der Waals surface area (Å²) in [4.78, 5) is 20.1. The van der Waals surface area contributed by atoms with Gasteiger partial charge in [0, 0.05) is 43.6 Å². The van der Waals surface area contributed by atoms with E-state index in [2.05, 4.69) is 15.2 Å². The summed E-state index contributed by atoms with van der Waals surface area (Å²) in [5.41, 5.74) is -4.51. The Kier molecular flexibility index (Phi) is 5.55. The highest BCUT2D eigenvalue weighted by Crippen LogP contribution is 2.53. The summed E-state index contributed by atoms with van der Waals surface area (Å²) in [7, 11) is 0. The van der Waals surface area contributed by atoms with Crippen molar-refractivity contribution in [2.24, 2.45) is 11.3 Å². The van der Waals surface area contributed by atoms with Gasteiger partial charge < -0.3 is 14.4 Å². The molecule has 1 saturated carbocycles. The highest BCUT2D eigenvalue weighted by Gasteiger charge is 2.54. The van der Waals surface area contributed by atoms with Crippen LogP contribution in [0.4, 0.5) is 22.4 Å². The number of amides is 2. The number of H-pyrrole nitrogens is 1. The van der Waals surface area contributed by atoms with Crippen LogP contribution in [0, 0.1) is 17.2 Å². The van der Waals surface area contributed by atoms with Crippen molar-refractivity contribution < 1.29 is 26.9 Å². The molecule has 2 saturated heterocycles. The zero-order valence-corrected chi connectivity index (χ0v) is 18.5. The molecule has 3 fully saturated rings. The van der Waals surface area contributed by atoms with Crippen molar-refractivity contribution in [1.29, 1.82) is 0 Å². The third kappa shape index (κ3) is 4.30. The summed E-state index contributed by atoms with van der Waals surface area (Å²) < 4.78 is 63.4. The summed E-state index contributed by atoms with van der Waals surface area (Å²) >= 11 is -3.24. The molecule has 1 spiro atoms. The van der Waals surface area contributed by atoms with E-state index in [0.29, 0.717) is 38.2 Å². The number of hydrogen-bond donors (Lipinski definition) is 1. The van der Waals surface area contributed by atoms with Gasteiger partial charge in [0.1, 0.15) is 12.1 Å². The Bertz CT molecular complexity index is 1020. The molecule has 1 aliphatic carbocycles. The van der Waals surface area contributed by atoms with Crippen LogP contribution in [0.2, 0.25) is 0 Å². The standard InChI is InChI=1S/C21H23F4N5O2S/c22-17-6-16(33(32)21(23,24)25)2-1-14(17)5-13-7-20(8-13)10-30(11-20)19(31)29-4-3-15(9-29)18-26-12-27-28-18/h1-2,6,12-13,15H,3-5,7-11H2,(H,26,27,28)/t15-,33?/m0/s1. The lowest BCUT2D eigenvalue weighted by atomic mass is 9.56. The molecular weight excluding hydrogens is 462 g/mol. The van der Waals surface area contributed by atoms with Crippen molar-refractivity contribution >= 4 is 17.2 Å². The van der Waals surface area contributed by atoms with Crippen molar-refractivity contribution in [3.63, 3.8) is 0 Å². The van der Waals surface area contributed by atoms with E-state index in [1.807, 2.05) is 9.80 Å². The van der Waals surface area contributed by atoms with Gasteiger partial charge >= 0.3 is 11.5 Å². The van der Waals surface area contributed by atoms with Gasteiger partial charge in [0.25, 0.3) is 0 Å². The average Bonchev–Trinajstić information content (AvgIpc) is 3.39. The number of hydrogen-bond acceptors (Lipinski definition) is 4. The van der Waals surface area contributed by atoms with E-state index in [0.717, 1.165) is 37.2 Å². The Morgan fingerprint density at radius 3 is 2.67 bits per heavy atom. The third-order valence-electron chi connectivity index (χ3n) is 6.98. The molecule has 12 heteroatoms. The van der Waals surface area contributed by atoms with Crippen molar-refractivity contribution in [2.75, 3.05) is 26.2 Å². The second-order valence-corrected chi connectivity index (χ2v) is 10.8. The van der Waals surface area contributed by atoms with E-state index in [9.17, 15) is 26.9 Å². The van der Waals surface area contributed by atoms with Gasteiger partial charge in [-0.15, -0.1) is 13.2 Å². The minimum Gasteiger partial charge on any atom is -0.604 e. The fourth-order valence-corrected chi connectivity index (χ4v) is 6.15. The minimum absolute atomic E-state index is 0.0291. The number of carbonyl (C=O) groups excluding carboxylic acids is 1. The molecule has 3 heterocycles. The molecule has 178 valence electrons. The van der Waals surface area contributed by atoms with Gasteiger partial charge in [-0.1, -0.05) is 6.07 Å². The first-order valence-electron chi connectivity index (χ1n) is 10.8. The molecule has 1 aromatic heterocycles. The van der Waals surface area contributed by atoms with Crippen LogP contribution in [-0.4, -0.2) is 67.3 Å². The van der Waals surface area contributed by atoms with Gasteiger partial charge in [-0.3, -0.25) is 5.10 Å². The first-order chi connectivity index (χ1) is 15.6. The molecule has 1 aromatic carbocycles. The number of aromatic nitrogens is 3. The van der Waals surface area contributed by atoms with E-state index < -0.39 is 27.4 Å². The zero-order valence-electron chi connectivity index (χ0n) is 17.6. The largest absolute Gasteiger partial charge is 0.604 e. The predicted molar refractivity (Wildman–Crippen MR) is 110 cm³/mol. The minimum atomic E-state index is -4.91. The van der Waals surface area contributed by atoms with E-state index in [4.69, 9.17) is 0 Å². The first kappa shape index (κ1) is 22.5. The molecule has 2 aromatic rings. The number of carbonyl (C=O) groups is 1. The number of alkyl halides is 3. The maximum Gasteiger partial charge on any atom is 0.578 e. The molecule has 2 amide bonds. The fraction of sp³-hybridized carbons (Fsp3) is 0.571. The average molecular weight is 486 g/mol. The number of likely N-dealkylation sites (tertiary alicyclic amines) is 2. The van der Waals surface area contributed by atoms with Gasteiger partial charge in [0.05, 0.1) is 11.2 Å². The lowest BCUT2D eigenvalue weighted by Gasteiger charge is -2.59. The van der Waals surface area contributed by atoms with Crippen LogP contribution in [0.1, 0.15) is 36.6 Å². The van der Waals surface area contributed by atoms with Crippen LogP contribution in [0.5, 0.6) is 0 Å². The Hall–Kier alpha value is -2.34. The van der Waals surface area contributed by atoms with Crippen LogP contribution in [0.15, 0.2) is 29.4 Å². The van der Waals surface area contributed by atoms with Gasteiger partial charge in [-0.05, 0) is 43.2 Å². The number of aromatic amines is 1. The SMILES string of the molecule is O=C(N1CC[C@H](c2nc[nH]n2)C1)N1CC2(CC(Cc3ccc([S+]([O-])C(F)(F)F)cc3F)C2)C1. The summed E-state index contributed by atoms with van der Waals surface area (Å²) in [6, 6.07) is 3.14. The number of nitrogens with zero attached hydrogens (tertiary/aromatic N) is 4. The van der Waals surface area contributed by atoms with Crippen molar-refractivity contribution in [3.05, 3.63) is 41.7 Å². The smallest absolute Gasteiger partial charge is 0.578 e. The Morgan fingerprint density at radius 2 is 2.03 bits per heavy atom. The van der Waals surface area contributed by atoms with Gasteiger partial charge in [-0.2, -0.15) is 5.10 Å². The van der Waals surface area contributed by atoms with E-state index in [-0.39, 0.29) is 23.3 Å². The van der Waals surface area contributed by atoms with E-state index in [1.54, 1.807) is 0 Å². The maximum atomic E-state index is 14.3. The van der Waals surface area contributed by atoms with Crippen molar-refractivity contribution in [2.45, 2.75) is 42.0 Å². The lowest BCUT2D eigenvalue weighted by molar-refractivity contribution is -0.0755. The molecule has 0 bridgehead atoms. The first-order valence-corrected chi connectivity index (χ1v) is 12.0. The zero-order chi connectivity index (χ0) is 23.4. The monoisotopic (exact) mass is 485 g/mol. The second-order valence-electron chi connectivity index (χ2n) is 9.37. The summed E-state index contributed by atoms with van der Waals surface area (Å²) in [5.74, 6) is 0.347. The van der Waals surface area contributed by atoms with Gasteiger partial charge in [-0.25, -0.2) is 14.2 Å². The van der Waals surface area contributed by atoms with Crippen LogP contribution >= 0.6 is 0 Å². The second kappa shape index (κ2) is 8.15. The molecule has 5 rings (SSSR count). The summed E-state index contributed by atoms with van der Waals surface area (Å²) in [6.07, 6.45) is 4.50. The maximum absolute atomic E-state index is 14.3. The quantitative estimate of drug-likeness (QED) is 0.531. The Balaban J connectivity index is 1.09. The number of nitrogens with one attached hydrogen (secondary N) is 1. The number of benzene rings is 1. The Morgan fingerprint density at radius 1 is 1.27 bits per heavy atom. The van der Waals surface area contributed by atoms with Crippen LogP contribution in [-0.2, 0) is 17.6 Å². The van der Waals surface area contributed by atoms with Gasteiger partial charge in [0.2, 0.25) is 0 Å². The highest BCUT2D eigenvalue weighted by atomic mass is 32.2. The fourth-order valence-electron chi connectivity index (χ4n) is 5.48. The molecule has 1 unspecified atom stereocenters. The highest BCUT2D eigenvalue weighted by molar-refractivity contribution is 7.92. The number of rotatable bonds is 4. The van der Waals surface area contributed by atoms with Crippen molar-refractivity contribution in [3.8, 4) is 0 Å². The third-order valence-corrected chi connectivity index (χ3v) is 8.08. The van der Waals surface area contributed by atoms with E-state index in [1.165, 1.54) is 12.4 Å². The van der Waals surface area contributed by atoms with Crippen LogP contribution < -0.4 is 0 Å². The number of urea groups is 1. The topological polar surface area (TPSA) is 88.2 Å². The Labute approximate surface area is 190 Å². The molecule has 33 heavy (non-hydrogen) atoms. The van der Waals surface area contributed by atoms with Crippen molar-refractivity contribution in [1.82, 2.24) is 25.0 Å². The van der Waals surface area contributed by atoms with Gasteiger partial charge in [0.15, 0.2) is 10.7 Å². The molecule has 7 nitrogen and oxygen atoms in total. The molecule has 2 atom stereocenters. The molecule has 1 N–H and O–H groups in total. The van der Waals surface area contributed by atoms with Crippen LogP contribution in [0.25, 0.3) is 0 Å².